The van der Waals surface area contributed by atoms with Gasteiger partial charge in [0, 0.05) is 17.3 Å². The molecule has 0 unspecified atom stereocenters. The second kappa shape index (κ2) is 9.80. The number of benzene rings is 2. The first-order chi connectivity index (χ1) is 15.9. The Labute approximate surface area is 200 Å². The summed E-state index contributed by atoms with van der Waals surface area (Å²) >= 11 is 7.58. The molecule has 1 amide bonds. The van der Waals surface area contributed by atoms with Crippen molar-refractivity contribution in [1.82, 2.24) is 19.3 Å². The fourth-order valence-electron chi connectivity index (χ4n) is 3.61. The van der Waals surface area contributed by atoms with Gasteiger partial charge in [-0.25, -0.2) is 4.98 Å². The van der Waals surface area contributed by atoms with Crippen molar-refractivity contribution < 1.29 is 4.79 Å². The molecule has 4 aromatic rings. The molecule has 0 saturated carbocycles. The molecule has 170 valence electrons. The lowest BCUT2D eigenvalue weighted by Crippen LogP contribution is -2.26. The Hall–Kier alpha value is -3.10. The van der Waals surface area contributed by atoms with Crippen molar-refractivity contribution in [2.75, 3.05) is 11.1 Å². The van der Waals surface area contributed by atoms with Crippen molar-refractivity contribution >= 4 is 46.0 Å². The highest BCUT2D eigenvalue weighted by molar-refractivity contribution is 7.99. The van der Waals surface area contributed by atoms with E-state index < -0.39 is 0 Å². The number of carbonyl (C=O) groups is 1. The average Bonchev–Trinajstić information content (AvgIpc) is 3.11. The zero-order valence-corrected chi connectivity index (χ0v) is 20.2. The van der Waals surface area contributed by atoms with Gasteiger partial charge >= 0.3 is 0 Å². The van der Waals surface area contributed by atoms with Crippen LogP contribution >= 0.6 is 23.4 Å². The predicted octanol–water partition coefficient (Wildman–Crippen LogP) is 4.66. The number of fused-ring (bicyclic) bond motifs is 1. The zero-order valence-electron chi connectivity index (χ0n) is 18.6. The number of aryl methyl sites for hydroxylation is 3. The van der Waals surface area contributed by atoms with Crippen LogP contribution in [-0.2, 0) is 17.9 Å². The second-order valence-electron chi connectivity index (χ2n) is 7.68. The summed E-state index contributed by atoms with van der Waals surface area (Å²) in [7, 11) is 0. The minimum atomic E-state index is -0.205. The first kappa shape index (κ1) is 23.1. The largest absolute Gasteiger partial charge is 0.325 e. The van der Waals surface area contributed by atoms with Crippen molar-refractivity contribution in [2.24, 2.45) is 0 Å². The van der Waals surface area contributed by atoms with E-state index in [2.05, 4.69) is 10.4 Å². The van der Waals surface area contributed by atoms with Crippen molar-refractivity contribution in [2.45, 2.75) is 39.0 Å². The molecular weight excluding hydrogens is 458 g/mol. The number of rotatable bonds is 7. The number of amides is 1. The molecule has 2 heterocycles. The topological polar surface area (TPSA) is 81.8 Å². The number of carbonyl (C=O) groups excluding carboxylic acids is 1. The Bertz CT molecular complexity index is 1400. The summed E-state index contributed by atoms with van der Waals surface area (Å²) in [4.78, 5) is 30.9. The van der Waals surface area contributed by atoms with Crippen molar-refractivity contribution in [1.29, 1.82) is 0 Å². The smallest absolute Gasteiger partial charge is 0.280 e. The van der Waals surface area contributed by atoms with E-state index in [-0.39, 0.29) is 23.8 Å². The first-order valence-corrected chi connectivity index (χ1v) is 11.9. The van der Waals surface area contributed by atoms with Gasteiger partial charge in [-0.3, -0.25) is 18.8 Å². The van der Waals surface area contributed by atoms with E-state index in [4.69, 9.17) is 16.6 Å². The van der Waals surface area contributed by atoms with E-state index >= 15 is 0 Å². The van der Waals surface area contributed by atoms with Crippen LogP contribution in [0.2, 0.25) is 5.02 Å². The fourth-order valence-corrected chi connectivity index (χ4v) is 4.60. The van der Waals surface area contributed by atoms with E-state index in [1.807, 2.05) is 63.2 Å². The summed E-state index contributed by atoms with van der Waals surface area (Å²) in [5.41, 5.74) is 4.08. The maximum atomic E-state index is 13.5. The Morgan fingerprint density at radius 2 is 1.94 bits per heavy atom. The number of hydrogen-bond donors (Lipinski definition) is 1. The number of aromatic nitrogens is 4. The van der Waals surface area contributed by atoms with E-state index in [1.165, 1.54) is 11.8 Å². The molecular formula is C24H24ClN5O2S. The highest BCUT2D eigenvalue weighted by Gasteiger charge is 2.19. The molecule has 2 aromatic heterocycles. The number of anilines is 1. The molecule has 0 radical (unpaired) electrons. The van der Waals surface area contributed by atoms with Crippen LogP contribution in [0.5, 0.6) is 0 Å². The molecule has 0 aliphatic carbocycles. The summed E-state index contributed by atoms with van der Waals surface area (Å²) in [6.07, 6.45) is 0. The average molecular weight is 482 g/mol. The third-order valence-corrected chi connectivity index (χ3v) is 6.55. The summed E-state index contributed by atoms with van der Waals surface area (Å²) in [6.45, 7) is 6.53. The van der Waals surface area contributed by atoms with Crippen LogP contribution in [0.15, 0.2) is 58.5 Å². The summed E-state index contributed by atoms with van der Waals surface area (Å²) in [5.74, 6) is -0.0692. The molecule has 33 heavy (non-hydrogen) atoms. The molecule has 0 bridgehead atoms. The Kier molecular flexibility index (Phi) is 6.85. The Balaban J connectivity index is 1.69. The van der Waals surface area contributed by atoms with Gasteiger partial charge in [0.15, 0.2) is 10.7 Å². The molecule has 0 saturated heterocycles. The van der Waals surface area contributed by atoms with Gasteiger partial charge in [0.1, 0.15) is 5.52 Å². The fraction of sp³-hybridized carbons (Fsp3) is 0.250. The van der Waals surface area contributed by atoms with Gasteiger partial charge in [-0.15, -0.1) is 0 Å². The Morgan fingerprint density at radius 1 is 1.15 bits per heavy atom. The van der Waals surface area contributed by atoms with Crippen LogP contribution in [0.1, 0.15) is 23.7 Å². The number of hydrogen-bond acceptors (Lipinski definition) is 5. The number of thioether (sulfide) groups is 1. The van der Waals surface area contributed by atoms with Gasteiger partial charge in [0.2, 0.25) is 5.91 Å². The standard InChI is InChI=1S/C24H24ClN5O2S/c1-4-30-22-21(16(3)28-30)27-24(29(23(22)32)13-17-9-5-6-11-19(17)25)33-14-20(31)26-18-10-7-8-15(2)12-18/h5-12H,4,13-14H2,1-3H3,(H,26,31). The number of nitrogens with one attached hydrogen (secondary N) is 1. The maximum Gasteiger partial charge on any atom is 0.280 e. The van der Waals surface area contributed by atoms with Crippen molar-refractivity contribution in [3.8, 4) is 0 Å². The van der Waals surface area contributed by atoms with Crippen molar-refractivity contribution in [3.63, 3.8) is 0 Å². The molecule has 4 rings (SSSR count). The molecule has 0 atom stereocenters. The van der Waals surface area contributed by atoms with Gasteiger partial charge in [-0.1, -0.05) is 53.7 Å². The van der Waals surface area contributed by atoms with Crippen LogP contribution in [0.3, 0.4) is 0 Å². The van der Waals surface area contributed by atoms with Gasteiger partial charge in [0.25, 0.3) is 5.56 Å². The molecule has 0 spiro atoms. The van der Waals surface area contributed by atoms with Crippen LogP contribution < -0.4 is 10.9 Å². The van der Waals surface area contributed by atoms with Crippen LogP contribution in [0.4, 0.5) is 5.69 Å². The quantitative estimate of drug-likeness (QED) is 0.306. The summed E-state index contributed by atoms with van der Waals surface area (Å²) in [6, 6.07) is 15.0. The molecule has 0 aliphatic heterocycles. The van der Waals surface area contributed by atoms with Crippen LogP contribution in [0.25, 0.3) is 11.0 Å². The zero-order chi connectivity index (χ0) is 23.5. The lowest BCUT2D eigenvalue weighted by molar-refractivity contribution is -0.113. The minimum Gasteiger partial charge on any atom is -0.325 e. The monoisotopic (exact) mass is 481 g/mol. The van der Waals surface area contributed by atoms with Gasteiger partial charge in [0.05, 0.1) is 18.0 Å². The summed E-state index contributed by atoms with van der Waals surface area (Å²) in [5, 5.41) is 8.37. The van der Waals surface area contributed by atoms with E-state index in [0.717, 1.165) is 16.8 Å². The third kappa shape index (κ3) is 4.96. The Morgan fingerprint density at radius 3 is 2.67 bits per heavy atom. The lowest BCUT2D eigenvalue weighted by atomic mass is 10.2. The number of nitrogens with zero attached hydrogens (tertiary/aromatic N) is 4. The molecule has 0 aliphatic rings. The van der Waals surface area contributed by atoms with Gasteiger partial charge < -0.3 is 5.32 Å². The molecule has 0 fully saturated rings. The van der Waals surface area contributed by atoms with E-state index in [0.29, 0.717) is 33.5 Å². The van der Waals surface area contributed by atoms with Crippen molar-refractivity contribution in [3.05, 3.63) is 80.7 Å². The molecule has 2 aromatic carbocycles. The molecule has 7 nitrogen and oxygen atoms in total. The number of halogens is 1. The molecule has 9 heteroatoms. The first-order valence-electron chi connectivity index (χ1n) is 10.6. The van der Waals surface area contributed by atoms with E-state index in [9.17, 15) is 9.59 Å². The van der Waals surface area contributed by atoms with Gasteiger partial charge in [-0.05, 0) is 50.1 Å². The lowest BCUT2D eigenvalue weighted by Gasteiger charge is -2.14. The van der Waals surface area contributed by atoms with Crippen LogP contribution in [-0.4, -0.2) is 31.0 Å². The summed E-state index contributed by atoms with van der Waals surface area (Å²) < 4.78 is 3.24. The predicted molar refractivity (Wildman–Crippen MR) is 133 cm³/mol. The van der Waals surface area contributed by atoms with Crippen LogP contribution in [0, 0.1) is 13.8 Å². The minimum absolute atomic E-state index is 0.107. The third-order valence-electron chi connectivity index (χ3n) is 5.20. The normalized spacial score (nSPS) is 11.2. The molecule has 1 N–H and O–H groups in total. The SMILES string of the molecule is CCn1nc(C)c2nc(SCC(=O)Nc3cccc(C)c3)n(Cc3ccccc3Cl)c(=O)c21. The van der Waals surface area contributed by atoms with E-state index in [1.54, 1.807) is 15.3 Å². The maximum absolute atomic E-state index is 13.5. The van der Waals surface area contributed by atoms with Gasteiger partial charge in [-0.2, -0.15) is 5.10 Å². The second-order valence-corrected chi connectivity index (χ2v) is 9.03. The highest BCUT2D eigenvalue weighted by atomic mass is 35.5. The highest BCUT2D eigenvalue weighted by Crippen LogP contribution is 2.23.